The second kappa shape index (κ2) is 11.2. The van der Waals surface area contributed by atoms with Gasteiger partial charge in [0.15, 0.2) is 5.15 Å². The molecule has 200 valence electrons. The molecule has 0 saturated heterocycles. The number of carbonyl (C=O) groups excluding carboxylic acids is 1. The predicted octanol–water partition coefficient (Wildman–Crippen LogP) is 5.42. The summed E-state index contributed by atoms with van der Waals surface area (Å²) in [7, 11) is 1.48. The number of nitrogens with one attached hydrogen (secondary N) is 1. The summed E-state index contributed by atoms with van der Waals surface area (Å²) in [5, 5.41) is 21.2. The number of aromatic nitrogens is 5. The van der Waals surface area contributed by atoms with Crippen molar-refractivity contribution in [3.63, 3.8) is 0 Å². The lowest BCUT2D eigenvalue weighted by atomic mass is 10.0. The summed E-state index contributed by atoms with van der Waals surface area (Å²) >= 11 is 12.3. The third-order valence-corrected chi connectivity index (χ3v) is 6.73. The van der Waals surface area contributed by atoms with Crippen LogP contribution >= 0.6 is 23.2 Å². The SMILES string of the molecule is CCC(C(=O)Nc1ccc2nc(C#N)ccc2c1)n1cc(OC)c(-c2cc(Cl)ccc2-n2cc(Cl)nn2)cc1=O. The lowest BCUT2D eigenvalue weighted by Gasteiger charge is -2.21. The van der Waals surface area contributed by atoms with E-state index in [0.717, 1.165) is 5.39 Å². The second-order valence-electron chi connectivity index (χ2n) is 8.78. The molecule has 0 aliphatic rings. The van der Waals surface area contributed by atoms with Crippen molar-refractivity contribution < 1.29 is 9.53 Å². The molecule has 1 N–H and O–H groups in total. The summed E-state index contributed by atoms with van der Waals surface area (Å²) < 4.78 is 8.47. The Balaban J connectivity index is 1.50. The van der Waals surface area contributed by atoms with E-state index in [0.29, 0.717) is 50.9 Å². The minimum absolute atomic E-state index is 0.203. The van der Waals surface area contributed by atoms with Gasteiger partial charge in [-0.25, -0.2) is 9.67 Å². The number of anilines is 1. The van der Waals surface area contributed by atoms with E-state index in [-0.39, 0.29) is 11.1 Å². The van der Waals surface area contributed by atoms with Crippen molar-refractivity contribution in [2.45, 2.75) is 19.4 Å². The fraction of sp³-hybridized carbons (Fsp3) is 0.143. The average Bonchev–Trinajstić information content (AvgIpc) is 3.39. The van der Waals surface area contributed by atoms with Crippen molar-refractivity contribution in [1.29, 1.82) is 5.26 Å². The van der Waals surface area contributed by atoms with Crippen molar-refractivity contribution in [3.8, 4) is 28.6 Å². The van der Waals surface area contributed by atoms with Crippen molar-refractivity contribution in [1.82, 2.24) is 24.5 Å². The maximum absolute atomic E-state index is 13.4. The van der Waals surface area contributed by atoms with Crippen LogP contribution in [0.3, 0.4) is 0 Å². The maximum Gasteiger partial charge on any atom is 0.252 e. The quantitative estimate of drug-likeness (QED) is 0.275. The van der Waals surface area contributed by atoms with Gasteiger partial charge in [-0.2, -0.15) is 5.26 Å². The zero-order chi connectivity index (χ0) is 28.4. The van der Waals surface area contributed by atoms with Gasteiger partial charge in [0.1, 0.15) is 23.6 Å². The summed E-state index contributed by atoms with van der Waals surface area (Å²) in [5.74, 6) is -0.0216. The topological polar surface area (TPSA) is 128 Å². The van der Waals surface area contributed by atoms with Gasteiger partial charge in [0.05, 0.1) is 30.7 Å². The Morgan fingerprint density at radius 1 is 1.10 bits per heavy atom. The van der Waals surface area contributed by atoms with Gasteiger partial charge in [-0.3, -0.25) is 14.2 Å². The molecule has 0 fully saturated rings. The summed E-state index contributed by atoms with van der Waals surface area (Å²) in [6.07, 6.45) is 3.39. The van der Waals surface area contributed by atoms with Crippen LogP contribution in [0.25, 0.3) is 27.7 Å². The molecule has 1 unspecified atom stereocenters. The number of carbonyl (C=O) groups is 1. The van der Waals surface area contributed by atoms with Crippen molar-refractivity contribution >= 4 is 45.7 Å². The normalized spacial score (nSPS) is 11.7. The number of hydrogen-bond acceptors (Lipinski definition) is 7. The summed E-state index contributed by atoms with van der Waals surface area (Å²) in [6.45, 7) is 1.81. The molecule has 0 aliphatic carbocycles. The molecule has 5 rings (SSSR count). The van der Waals surface area contributed by atoms with Crippen LogP contribution in [0.2, 0.25) is 10.2 Å². The first-order valence-corrected chi connectivity index (χ1v) is 12.9. The number of amides is 1. The van der Waals surface area contributed by atoms with Crippen molar-refractivity contribution in [2.75, 3.05) is 12.4 Å². The number of methoxy groups -OCH3 is 1. The van der Waals surface area contributed by atoms with E-state index < -0.39 is 11.6 Å². The number of nitriles is 1. The van der Waals surface area contributed by atoms with Crippen LogP contribution in [0.4, 0.5) is 5.69 Å². The van der Waals surface area contributed by atoms with Crippen LogP contribution in [0.5, 0.6) is 5.75 Å². The number of hydrogen-bond donors (Lipinski definition) is 1. The highest BCUT2D eigenvalue weighted by Gasteiger charge is 2.23. The molecule has 3 heterocycles. The van der Waals surface area contributed by atoms with Crippen LogP contribution in [0, 0.1) is 11.3 Å². The Bertz CT molecular complexity index is 1860. The molecule has 40 heavy (non-hydrogen) atoms. The highest BCUT2D eigenvalue weighted by Crippen LogP contribution is 2.35. The van der Waals surface area contributed by atoms with Crippen molar-refractivity contribution in [3.05, 3.63) is 93.2 Å². The first-order chi connectivity index (χ1) is 19.3. The van der Waals surface area contributed by atoms with Gasteiger partial charge in [0.2, 0.25) is 5.91 Å². The number of fused-ring (bicyclic) bond motifs is 1. The Morgan fingerprint density at radius 2 is 1.93 bits per heavy atom. The zero-order valence-corrected chi connectivity index (χ0v) is 22.8. The van der Waals surface area contributed by atoms with E-state index in [9.17, 15) is 9.59 Å². The average molecular weight is 574 g/mol. The van der Waals surface area contributed by atoms with E-state index in [4.69, 9.17) is 33.2 Å². The zero-order valence-electron chi connectivity index (χ0n) is 21.3. The summed E-state index contributed by atoms with van der Waals surface area (Å²) in [4.78, 5) is 31.0. The van der Waals surface area contributed by atoms with Crippen LogP contribution in [-0.2, 0) is 4.79 Å². The van der Waals surface area contributed by atoms with Gasteiger partial charge in [0.25, 0.3) is 5.56 Å². The van der Waals surface area contributed by atoms with Gasteiger partial charge >= 0.3 is 0 Å². The number of benzene rings is 2. The molecule has 2 aromatic carbocycles. The van der Waals surface area contributed by atoms with Gasteiger partial charge in [0, 0.05) is 33.3 Å². The van der Waals surface area contributed by atoms with Gasteiger partial charge in [-0.1, -0.05) is 35.3 Å². The highest BCUT2D eigenvalue weighted by atomic mass is 35.5. The van der Waals surface area contributed by atoms with Gasteiger partial charge in [-0.05, 0) is 55.0 Å². The van der Waals surface area contributed by atoms with E-state index in [1.165, 1.54) is 34.8 Å². The van der Waals surface area contributed by atoms with Crippen LogP contribution in [0.15, 0.2) is 71.8 Å². The maximum atomic E-state index is 13.4. The Kier molecular flexibility index (Phi) is 7.51. The van der Waals surface area contributed by atoms with Crippen molar-refractivity contribution in [2.24, 2.45) is 0 Å². The monoisotopic (exact) mass is 573 g/mol. The molecule has 0 radical (unpaired) electrons. The fourth-order valence-electron chi connectivity index (χ4n) is 4.43. The number of ether oxygens (including phenoxy) is 1. The molecule has 5 aromatic rings. The number of rotatable bonds is 7. The standard InChI is InChI=1S/C28H21Cl2N7O3/c1-3-23(28(39)33-18-7-8-22-16(10-18)4-6-19(13-31)32-22)36-14-25(40-2)21(12-27(36)38)20-11-17(29)5-9-24(20)37-15-26(30)34-35-37/h4-12,14-15,23H,3H2,1-2H3,(H,33,39). The fourth-order valence-corrected chi connectivity index (χ4v) is 4.73. The third kappa shape index (κ3) is 5.25. The minimum Gasteiger partial charge on any atom is -0.495 e. The van der Waals surface area contributed by atoms with Gasteiger partial charge in [-0.15, -0.1) is 5.10 Å². The Labute approximate surface area is 238 Å². The molecule has 10 nitrogen and oxygen atoms in total. The first kappa shape index (κ1) is 26.9. The van der Waals surface area contributed by atoms with Crippen LogP contribution < -0.4 is 15.6 Å². The molecule has 12 heteroatoms. The molecular weight excluding hydrogens is 553 g/mol. The number of halogens is 2. The van der Waals surface area contributed by atoms with E-state index in [1.807, 2.05) is 13.0 Å². The van der Waals surface area contributed by atoms with Crippen LogP contribution in [0.1, 0.15) is 25.1 Å². The number of nitrogens with zero attached hydrogens (tertiary/aromatic N) is 6. The molecule has 0 spiro atoms. The minimum atomic E-state index is -0.821. The Hall–Kier alpha value is -4.72. The smallest absolute Gasteiger partial charge is 0.252 e. The van der Waals surface area contributed by atoms with Gasteiger partial charge < -0.3 is 10.1 Å². The third-order valence-electron chi connectivity index (χ3n) is 6.32. The lowest BCUT2D eigenvalue weighted by Crippen LogP contribution is -2.32. The molecule has 0 saturated carbocycles. The number of pyridine rings is 2. The molecule has 0 bridgehead atoms. The Morgan fingerprint density at radius 3 is 2.62 bits per heavy atom. The van der Waals surface area contributed by atoms with E-state index in [1.54, 1.807) is 48.5 Å². The predicted molar refractivity (Wildman–Crippen MR) is 152 cm³/mol. The first-order valence-electron chi connectivity index (χ1n) is 12.1. The molecule has 1 amide bonds. The summed E-state index contributed by atoms with van der Waals surface area (Å²) in [5.41, 5.74) is 2.67. The lowest BCUT2D eigenvalue weighted by molar-refractivity contribution is -0.119. The largest absolute Gasteiger partial charge is 0.495 e. The molecule has 1 atom stereocenters. The molecular formula is C28H21Cl2N7O3. The van der Waals surface area contributed by atoms with E-state index in [2.05, 4.69) is 20.6 Å². The second-order valence-corrected chi connectivity index (χ2v) is 9.60. The molecule has 3 aromatic heterocycles. The highest BCUT2D eigenvalue weighted by molar-refractivity contribution is 6.31. The van der Waals surface area contributed by atoms with Crippen LogP contribution in [-0.4, -0.2) is 37.6 Å². The van der Waals surface area contributed by atoms with E-state index >= 15 is 0 Å². The molecule has 0 aliphatic heterocycles. The summed E-state index contributed by atoms with van der Waals surface area (Å²) in [6, 6.07) is 16.3.